The molecular weight excluding hydrogens is 284 g/mol. The number of piperazine rings is 1. The summed E-state index contributed by atoms with van der Waals surface area (Å²) >= 11 is 1.69. The van der Waals surface area contributed by atoms with Crippen LogP contribution in [0, 0.1) is 5.92 Å². The third-order valence-corrected chi connectivity index (χ3v) is 4.85. The van der Waals surface area contributed by atoms with Crippen LogP contribution in [0.5, 0.6) is 0 Å². The van der Waals surface area contributed by atoms with Crippen LogP contribution in [0.1, 0.15) is 39.5 Å². The Balaban J connectivity index is 2.29. The predicted octanol–water partition coefficient (Wildman–Crippen LogP) is 2.44. The van der Waals surface area contributed by atoms with Crippen LogP contribution in [0.4, 0.5) is 0 Å². The second kappa shape index (κ2) is 5.79. The van der Waals surface area contributed by atoms with Gasteiger partial charge >= 0.3 is 0 Å². The maximum Gasteiger partial charge on any atom is 0.248 e. The molecule has 2 unspecified atom stereocenters. The normalized spacial score (nSPS) is 23.3. The molecule has 1 N–H and O–H groups in total. The molecule has 0 radical (unpaired) electrons. The lowest BCUT2D eigenvalue weighted by atomic mass is 9.89. The zero-order valence-corrected chi connectivity index (χ0v) is 14.2. The van der Waals surface area contributed by atoms with Crippen LogP contribution in [-0.4, -0.2) is 34.3 Å². The largest absolute Gasteiger partial charge is 0.340 e. The molecule has 2 heterocycles. The van der Waals surface area contributed by atoms with Gasteiger partial charge in [-0.15, -0.1) is 11.3 Å². The summed E-state index contributed by atoms with van der Waals surface area (Å²) in [7, 11) is 0. The Labute approximate surface area is 130 Å². The van der Waals surface area contributed by atoms with E-state index in [1.54, 1.807) is 30.1 Å². The molecule has 0 bridgehead atoms. The molecular formula is C16H24N2O2S. The van der Waals surface area contributed by atoms with E-state index in [1.807, 2.05) is 32.2 Å². The highest BCUT2D eigenvalue weighted by Gasteiger charge is 2.47. The van der Waals surface area contributed by atoms with E-state index >= 15 is 0 Å². The van der Waals surface area contributed by atoms with E-state index < -0.39 is 5.54 Å². The molecule has 2 rings (SSSR count). The summed E-state index contributed by atoms with van der Waals surface area (Å²) in [5.74, 6) is 0.0494. The van der Waals surface area contributed by atoms with E-state index in [0.29, 0.717) is 0 Å². The number of amides is 2. The molecule has 2 atom stereocenters. The van der Waals surface area contributed by atoms with Gasteiger partial charge in [-0.05, 0) is 38.1 Å². The quantitative estimate of drug-likeness (QED) is 0.929. The van der Waals surface area contributed by atoms with Gasteiger partial charge in [0.25, 0.3) is 0 Å². The molecule has 116 valence electrons. The van der Waals surface area contributed by atoms with Crippen LogP contribution in [0.25, 0.3) is 0 Å². The topological polar surface area (TPSA) is 49.4 Å². The molecule has 0 spiro atoms. The molecule has 1 saturated heterocycles. The van der Waals surface area contributed by atoms with Crippen molar-refractivity contribution in [1.29, 1.82) is 0 Å². The number of hydrogen-bond donors (Lipinski definition) is 1. The number of nitrogens with one attached hydrogen (secondary N) is 1. The van der Waals surface area contributed by atoms with Crippen molar-refractivity contribution < 1.29 is 9.59 Å². The van der Waals surface area contributed by atoms with Crippen LogP contribution in [0.15, 0.2) is 17.5 Å². The summed E-state index contributed by atoms with van der Waals surface area (Å²) in [5.41, 5.74) is -0.827. The minimum Gasteiger partial charge on any atom is -0.340 e. The van der Waals surface area contributed by atoms with Crippen molar-refractivity contribution in [3.05, 3.63) is 22.4 Å². The van der Waals surface area contributed by atoms with Gasteiger partial charge in [0.05, 0.1) is 0 Å². The monoisotopic (exact) mass is 308 g/mol. The second-order valence-corrected chi connectivity index (χ2v) is 7.68. The van der Waals surface area contributed by atoms with Gasteiger partial charge in [0.2, 0.25) is 11.8 Å². The first-order valence-electron chi connectivity index (χ1n) is 7.41. The number of nitrogens with zero attached hydrogens (tertiary/aromatic N) is 1. The van der Waals surface area contributed by atoms with Crippen LogP contribution >= 0.6 is 11.3 Å². The zero-order chi connectivity index (χ0) is 15.8. The lowest BCUT2D eigenvalue weighted by Gasteiger charge is -2.47. The summed E-state index contributed by atoms with van der Waals surface area (Å²) in [6, 6.07) is 3.71. The van der Waals surface area contributed by atoms with Crippen molar-refractivity contribution in [2.45, 2.75) is 58.7 Å². The molecule has 4 nitrogen and oxygen atoms in total. The first-order chi connectivity index (χ1) is 9.74. The van der Waals surface area contributed by atoms with Crippen LogP contribution in [0.2, 0.25) is 0 Å². The smallest absolute Gasteiger partial charge is 0.248 e. The fourth-order valence-electron chi connectivity index (χ4n) is 2.93. The average molecular weight is 308 g/mol. The van der Waals surface area contributed by atoms with E-state index in [2.05, 4.69) is 11.4 Å². The van der Waals surface area contributed by atoms with Crippen molar-refractivity contribution in [2.24, 2.45) is 5.92 Å². The number of thiophene rings is 1. The maximum atomic E-state index is 12.8. The fourth-order valence-corrected chi connectivity index (χ4v) is 3.75. The molecule has 1 fully saturated rings. The highest BCUT2D eigenvalue weighted by molar-refractivity contribution is 7.09. The molecule has 0 saturated carbocycles. The number of rotatable bonds is 4. The highest BCUT2D eigenvalue weighted by Crippen LogP contribution is 2.26. The number of carbonyl (C=O) groups excluding carboxylic acids is 2. The third kappa shape index (κ3) is 3.12. The summed E-state index contributed by atoms with van der Waals surface area (Å²) in [4.78, 5) is 28.2. The molecule has 5 heteroatoms. The van der Waals surface area contributed by atoms with Gasteiger partial charge in [0.1, 0.15) is 11.6 Å². The molecule has 1 aromatic rings. The Morgan fingerprint density at radius 3 is 2.52 bits per heavy atom. The van der Waals surface area contributed by atoms with E-state index in [9.17, 15) is 9.59 Å². The Bertz CT molecular complexity index is 522. The fraction of sp³-hybridized carbons (Fsp3) is 0.625. The van der Waals surface area contributed by atoms with Crippen LogP contribution in [0.3, 0.4) is 0 Å². The van der Waals surface area contributed by atoms with E-state index in [4.69, 9.17) is 0 Å². The average Bonchev–Trinajstić information content (AvgIpc) is 2.84. The Kier molecular flexibility index (Phi) is 4.42. The minimum absolute atomic E-state index is 0.00450. The molecule has 1 aliphatic rings. The van der Waals surface area contributed by atoms with Crippen molar-refractivity contribution in [1.82, 2.24) is 10.2 Å². The Morgan fingerprint density at radius 2 is 2.00 bits per heavy atom. The highest BCUT2D eigenvalue weighted by atomic mass is 32.1. The molecule has 1 aromatic heterocycles. The van der Waals surface area contributed by atoms with Crippen molar-refractivity contribution in [3.63, 3.8) is 0 Å². The minimum atomic E-state index is -0.827. The predicted molar refractivity (Wildman–Crippen MR) is 85.2 cm³/mol. The van der Waals surface area contributed by atoms with Crippen molar-refractivity contribution >= 4 is 23.2 Å². The summed E-state index contributed by atoms with van der Waals surface area (Å²) in [6.07, 6.45) is 0.788. The molecule has 2 amide bonds. The first-order valence-corrected chi connectivity index (χ1v) is 8.29. The SMILES string of the molecule is CC(C)C1C(=O)NC(C)(C)C(=O)N1C(C)Cc1cccs1. The van der Waals surface area contributed by atoms with Gasteiger partial charge in [0, 0.05) is 17.3 Å². The van der Waals surface area contributed by atoms with Gasteiger partial charge in [-0.1, -0.05) is 19.9 Å². The molecule has 21 heavy (non-hydrogen) atoms. The lowest BCUT2D eigenvalue weighted by Crippen LogP contribution is -2.71. The van der Waals surface area contributed by atoms with E-state index in [1.165, 1.54) is 4.88 Å². The lowest BCUT2D eigenvalue weighted by molar-refractivity contribution is -0.158. The second-order valence-electron chi connectivity index (χ2n) is 6.65. The third-order valence-electron chi connectivity index (χ3n) is 3.96. The van der Waals surface area contributed by atoms with Gasteiger partial charge in [-0.25, -0.2) is 0 Å². The van der Waals surface area contributed by atoms with E-state index in [-0.39, 0.29) is 29.8 Å². The molecule has 0 aromatic carbocycles. The maximum absolute atomic E-state index is 12.8. The summed E-state index contributed by atoms with van der Waals surface area (Å²) in [6.45, 7) is 9.55. The number of hydrogen-bond acceptors (Lipinski definition) is 3. The van der Waals surface area contributed by atoms with Crippen molar-refractivity contribution in [2.75, 3.05) is 0 Å². The summed E-state index contributed by atoms with van der Waals surface area (Å²) < 4.78 is 0. The zero-order valence-electron chi connectivity index (χ0n) is 13.3. The van der Waals surface area contributed by atoms with Crippen LogP contribution in [-0.2, 0) is 16.0 Å². The summed E-state index contributed by atoms with van der Waals surface area (Å²) in [5, 5.41) is 4.89. The Morgan fingerprint density at radius 1 is 1.33 bits per heavy atom. The van der Waals surface area contributed by atoms with Gasteiger partial charge in [0.15, 0.2) is 0 Å². The molecule has 0 aliphatic carbocycles. The first kappa shape index (κ1) is 16.0. The standard InChI is InChI=1S/C16H24N2O2S/c1-10(2)13-14(19)17-16(4,5)15(20)18(13)11(3)9-12-7-6-8-21-12/h6-8,10-11,13H,9H2,1-5H3,(H,17,19). The van der Waals surface area contributed by atoms with Gasteiger partial charge in [-0.3, -0.25) is 9.59 Å². The van der Waals surface area contributed by atoms with Crippen molar-refractivity contribution in [3.8, 4) is 0 Å². The van der Waals surface area contributed by atoms with E-state index in [0.717, 1.165) is 6.42 Å². The van der Waals surface area contributed by atoms with Gasteiger partial charge < -0.3 is 10.2 Å². The molecule has 1 aliphatic heterocycles. The van der Waals surface area contributed by atoms with Crippen LogP contribution < -0.4 is 5.32 Å². The number of carbonyl (C=O) groups is 2. The van der Waals surface area contributed by atoms with Gasteiger partial charge in [-0.2, -0.15) is 0 Å². The Hall–Kier alpha value is -1.36.